The van der Waals surface area contributed by atoms with Crippen molar-refractivity contribution in [2.75, 3.05) is 0 Å². The predicted octanol–water partition coefficient (Wildman–Crippen LogP) is 13.2. The van der Waals surface area contributed by atoms with Crippen molar-refractivity contribution in [2.24, 2.45) is 0 Å². The van der Waals surface area contributed by atoms with Crippen molar-refractivity contribution < 1.29 is 4.42 Å². The molecular formula is C46H28O. The van der Waals surface area contributed by atoms with E-state index >= 15 is 0 Å². The van der Waals surface area contributed by atoms with Gasteiger partial charge in [-0.1, -0.05) is 127 Å². The van der Waals surface area contributed by atoms with E-state index in [4.69, 9.17) is 4.42 Å². The second-order valence-electron chi connectivity index (χ2n) is 12.5. The van der Waals surface area contributed by atoms with E-state index in [-0.39, 0.29) is 0 Å². The third-order valence-corrected chi connectivity index (χ3v) is 9.83. The number of furan rings is 1. The van der Waals surface area contributed by atoms with E-state index in [9.17, 15) is 0 Å². The molecule has 0 fully saturated rings. The molecule has 0 saturated carbocycles. The summed E-state index contributed by atoms with van der Waals surface area (Å²) < 4.78 is 6.51. The number of benzene rings is 9. The van der Waals surface area contributed by atoms with Gasteiger partial charge in [0.2, 0.25) is 0 Å². The van der Waals surface area contributed by atoms with E-state index < -0.39 is 0 Å². The van der Waals surface area contributed by atoms with Gasteiger partial charge < -0.3 is 4.42 Å². The number of hydrogen-bond acceptors (Lipinski definition) is 1. The molecule has 47 heavy (non-hydrogen) atoms. The zero-order valence-electron chi connectivity index (χ0n) is 25.6. The molecule has 0 atom stereocenters. The van der Waals surface area contributed by atoms with Crippen LogP contribution in [0.4, 0.5) is 0 Å². The van der Waals surface area contributed by atoms with Crippen LogP contribution in [0.25, 0.3) is 98.4 Å². The fourth-order valence-electron chi connectivity index (χ4n) is 7.49. The highest BCUT2D eigenvalue weighted by Gasteiger charge is 2.13. The van der Waals surface area contributed by atoms with Crippen LogP contribution in [-0.2, 0) is 0 Å². The summed E-state index contributed by atoms with van der Waals surface area (Å²) >= 11 is 0. The molecule has 0 spiro atoms. The summed E-state index contributed by atoms with van der Waals surface area (Å²) in [5, 5.41) is 12.4. The minimum absolute atomic E-state index is 0.909. The van der Waals surface area contributed by atoms with Gasteiger partial charge in [0, 0.05) is 10.8 Å². The van der Waals surface area contributed by atoms with Crippen LogP contribution in [0, 0.1) is 0 Å². The van der Waals surface area contributed by atoms with Crippen molar-refractivity contribution in [3.05, 3.63) is 170 Å². The van der Waals surface area contributed by atoms with Gasteiger partial charge in [-0.2, -0.15) is 0 Å². The van der Waals surface area contributed by atoms with Crippen LogP contribution in [0.2, 0.25) is 0 Å². The Morgan fingerprint density at radius 2 is 0.787 bits per heavy atom. The predicted molar refractivity (Wildman–Crippen MR) is 200 cm³/mol. The Balaban J connectivity index is 1.03. The van der Waals surface area contributed by atoms with Crippen LogP contribution in [0.3, 0.4) is 0 Å². The number of hydrogen-bond donors (Lipinski definition) is 0. The fraction of sp³-hybridized carbons (Fsp3) is 0. The molecule has 0 unspecified atom stereocenters. The Kier molecular flexibility index (Phi) is 5.64. The molecule has 9 aromatic carbocycles. The van der Waals surface area contributed by atoms with Crippen LogP contribution >= 0.6 is 0 Å². The molecule has 0 amide bonds. The Hall–Kier alpha value is -6.18. The first kappa shape index (κ1) is 26.1. The molecule has 0 N–H and O–H groups in total. The topological polar surface area (TPSA) is 13.1 Å². The quantitative estimate of drug-likeness (QED) is 0.185. The molecule has 0 aliphatic rings. The van der Waals surface area contributed by atoms with Crippen molar-refractivity contribution in [3.63, 3.8) is 0 Å². The first-order valence-electron chi connectivity index (χ1n) is 16.2. The molecule has 0 aliphatic heterocycles. The third kappa shape index (κ3) is 4.17. The monoisotopic (exact) mass is 596 g/mol. The minimum Gasteiger partial charge on any atom is -0.456 e. The zero-order chi connectivity index (χ0) is 30.9. The molecule has 0 bridgehead atoms. The average Bonchev–Trinajstić information content (AvgIpc) is 3.51. The maximum atomic E-state index is 6.51. The lowest BCUT2D eigenvalue weighted by Gasteiger charge is -2.12. The maximum Gasteiger partial charge on any atom is 0.136 e. The van der Waals surface area contributed by atoms with E-state index in [1.54, 1.807) is 0 Å². The summed E-state index contributed by atoms with van der Waals surface area (Å²) in [6.07, 6.45) is 0. The van der Waals surface area contributed by atoms with Crippen molar-refractivity contribution >= 4 is 65.0 Å². The van der Waals surface area contributed by atoms with Gasteiger partial charge in [0.15, 0.2) is 0 Å². The van der Waals surface area contributed by atoms with Gasteiger partial charge in [-0.25, -0.2) is 0 Å². The largest absolute Gasteiger partial charge is 0.456 e. The Morgan fingerprint density at radius 1 is 0.255 bits per heavy atom. The molecule has 1 heteroatoms. The second-order valence-corrected chi connectivity index (χ2v) is 12.5. The summed E-state index contributed by atoms with van der Waals surface area (Å²) in [5.41, 5.74) is 9.04. The van der Waals surface area contributed by atoms with Crippen molar-refractivity contribution in [1.82, 2.24) is 0 Å². The third-order valence-electron chi connectivity index (χ3n) is 9.83. The van der Waals surface area contributed by atoms with Crippen molar-refractivity contribution in [2.45, 2.75) is 0 Å². The van der Waals surface area contributed by atoms with Crippen molar-refractivity contribution in [1.29, 1.82) is 0 Å². The van der Waals surface area contributed by atoms with E-state index in [0.29, 0.717) is 0 Å². The highest BCUT2D eigenvalue weighted by molar-refractivity contribution is 6.14. The summed E-state index contributed by atoms with van der Waals surface area (Å²) in [6.45, 7) is 0. The number of fused-ring (bicyclic) bond motifs is 8. The smallest absolute Gasteiger partial charge is 0.136 e. The first-order chi connectivity index (χ1) is 23.3. The summed E-state index contributed by atoms with van der Waals surface area (Å²) in [6, 6.07) is 61.6. The van der Waals surface area contributed by atoms with Gasteiger partial charge in [0.25, 0.3) is 0 Å². The van der Waals surface area contributed by atoms with Crippen LogP contribution in [-0.4, -0.2) is 0 Å². The van der Waals surface area contributed by atoms with E-state index in [1.807, 2.05) is 0 Å². The highest BCUT2D eigenvalue weighted by Crippen LogP contribution is 2.39. The molecule has 0 saturated heterocycles. The Morgan fingerprint density at radius 3 is 1.60 bits per heavy atom. The standard InChI is InChI=1S/C46H28O/c1-3-11-37-29(8-1)10-7-15-38(37)36-21-23-43-42-22-20-33(27-45(42)47-46(43)28-36)31-16-17-32-25-35(19-18-30(32)24-31)44-26-34-9-2-4-12-39(34)40-13-5-6-14-41(40)44/h1-28H. The fourth-order valence-corrected chi connectivity index (χ4v) is 7.49. The Labute approximate surface area is 271 Å². The average molecular weight is 597 g/mol. The van der Waals surface area contributed by atoms with Gasteiger partial charge in [0.05, 0.1) is 0 Å². The summed E-state index contributed by atoms with van der Waals surface area (Å²) in [7, 11) is 0. The van der Waals surface area contributed by atoms with Gasteiger partial charge in [-0.3, -0.25) is 0 Å². The normalized spacial score (nSPS) is 11.8. The minimum atomic E-state index is 0.909. The zero-order valence-corrected chi connectivity index (χ0v) is 25.6. The lowest BCUT2D eigenvalue weighted by atomic mass is 9.92. The summed E-state index contributed by atoms with van der Waals surface area (Å²) in [4.78, 5) is 0. The van der Waals surface area contributed by atoms with Gasteiger partial charge >= 0.3 is 0 Å². The second kappa shape index (κ2) is 10.2. The molecule has 10 aromatic rings. The van der Waals surface area contributed by atoms with Crippen LogP contribution in [0.15, 0.2) is 174 Å². The molecule has 1 nitrogen and oxygen atoms in total. The first-order valence-corrected chi connectivity index (χ1v) is 16.2. The van der Waals surface area contributed by atoms with E-state index in [2.05, 4.69) is 170 Å². The lowest BCUT2D eigenvalue weighted by molar-refractivity contribution is 0.669. The van der Waals surface area contributed by atoms with E-state index in [0.717, 1.165) is 27.5 Å². The molecule has 10 rings (SSSR count). The van der Waals surface area contributed by atoms with Gasteiger partial charge in [-0.15, -0.1) is 0 Å². The lowest BCUT2D eigenvalue weighted by Crippen LogP contribution is -1.85. The van der Waals surface area contributed by atoms with Crippen LogP contribution in [0.5, 0.6) is 0 Å². The SMILES string of the molecule is c1ccc2c(-c3ccc4c(c3)oc3cc(-c5ccc6cc(-c7cc8ccccc8c8ccccc78)ccc6c5)ccc34)cccc2c1. The summed E-state index contributed by atoms with van der Waals surface area (Å²) in [5.74, 6) is 0. The molecule has 1 aromatic heterocycles. The highest BCUT2D eigenvalue weighted by atomic mass is 16.3. The van der Waals surface area contributed by atoms with Crippen LogP contribution < -0.4 is 0 Å². The van der Waals surface area contributed by atoms with Crippen molar-refractivity contribution in [3.8, 4) is 33.4 Å². The molecule has 0 radical (unpaired) electrons. The maximum absolute atomic E-state index is 6.51. The molecule has 0 aliphatic carbocycles. The molecule has 218 valence electrons. The van der Waals surface area contributed by atoms with Crippen LogP contribution in [0.1, 0.15) is 0 Å². The molecular weight excluding hydrogens is 569 g/mol. The van der Waals surface area contributed by atoms with Gasteiger partial charge in [0.1, 0.15) is 11.2 Å². The van der Waals surface area contributed by atoms with Gasteiger partial charge in [-0.05, 0) is 119 Å². The number of rotatable bonds is 3. The molecule has 1 heterocycles. The van der Waals surface area contributed by atoms with E-state index in [1.165, 1.54) is 70.9 Å². The Bertz CT molecular complexity index is 2850.